The summed E-state index contributed by atoms with van der Waals surface area (Å²) in [4.78, 5) is 12.7. The van der Waals surface area contributed by atoms with Gasteiger partial charge in [0.1, 0.15) is 5.69 Å². The van der Waals surface area contributed by atoms with Crippen molar-refractivity contribution in [2.45, 2.75) is 51.6 Å². The number of nitrogens with zero attached hydrogens (tertiary/aromatic N) is 4. The smallest absolute Gasteiger partial charge is 0.372 e. The van der Waals surface area contributed by atoms with Crippen LogP contribution in [0.3, 0.4) is 0 Å². The first-order valence-electron chi connectivity index (χ1n) is 9.53. The van der Waals surface area contributed by atoms with Crippen molar-refractivity contribution in [3.8, 4) is 0 Å². The zero-order valence-corrected chi connectivity index (χ0v) is 17.3. The van der Waals surface area contributed by atoms with Crippen LogP contribution in [0.5, 0.6) is 0 Å². The van der Waals surface area contributed by atoms with Gasteiger partial charge >= 0.3 is 6.36 Å². The number of carbonyl (C=O) groups is 1. The third-order valence-corrected chi connectivity index (χ3v) is 4.53. The predicted molar refractivity (Wildman–Crippen MR) is 102 cm³/mol. The van der Waals surface area contributed by atoms with Crippen molar-refractivity contribution in [1.29, 1.82) is 0 Å². The summed E-state index contributed by atoms with van der Waals surface area (Å²) >= 11 is 0. The monoisotopic (exact) mass is 428 g/mol. The molecule has 1 N–H and O–H groups in total. The molecule has 165 valence electrons. The van der Waals surface area contributed by atoms with E-state index in [2.05, 4.69) is 20.3 Å². The van der Waals surface area contributed by atoms with Gasteiger partial charge in [-0.25, -0.2) is 0 Å². The number of ether oxygens (including phenoxy) is 2. The number of alkyl halides is 3. The Balaban J connectivity index is 1.73. The van der Waals surface area contributed by atoms with E-state index in [0.29, 0.717) is 18.1 Å². The highest BCUT2D eigenvalue weighted by atomic mass is 19.4. The topological polar surface area (TPSA) is 83.2 Å². The number of hydrogen-bond donors (Lipinski definition) is 1. The van der Waals surface area contributed by atoms with Gasteiger partial charge in [0.15, 0.2) is 5.82 Å². The third kappa shape index (κ3) is 5.39. The van der Waals surface area contributed by atoms with E-state index in [1.54, 1.807) is 13.1 Å². The van der Waals surface area contributed by atoms with Crippen LogP contribution in [-0.4, -0.2) is 45.0 Å². The Bertz CT molecular complexity index is 892. The van der Waals surface area contributed by atoms with E-state index >= 15 is 0 Å². The summed E-state index contributed by atoms with van der Waals surface area (Å²) in [6.07, 6.45) is -2.08. The number of nitrogens with one attached hydrogen (secondary N) is 1. The lowest BCUT2D eigenvalue weighted by Crippen LogP contribution is -2.26. The molecule has 0 unspecified atom stereocenters. The van der Waals surface area contributed by atoms with Crippen molar-refractivity contribution in [2.75, 3.05) is 18.5 Å². The number of rotatable bonds is 6. The van der Waals surface area contributed by atoms with E-state index in [4.69, 9.17) is 4.74 Å². The minimum absolute atomic E-state index is 0.0705. The van der Waals surface area contributed by atoms with Crippen LogP contribution in [0, 0.1) is 6.42 Å². The van der Waals surface area contributed by atoms with E-state index in [1.807, 2.05) is 31.9 Å². The van der Waals surface area contributed by atoms with Gasteiger partial charge in [-0.15, -0.1) is 13.2 Å². The molecule has 1 aliphatic heterocycles. The largest absolute Gasteiger partial charge is 0.522 e. The third-order valence-electron chi connectivity index (χ3n) is 4.53. The Morgan fingerprint density at radius 1 is 1.30 bits per heavy atom. The summed E-state index contributed by atoms with van der Waals surface area (Å²) < 4.78 is 49.0. The van der Waals surface area contributed by atoms with Crippen LogP contribution in [0.4, 0.5) is 19.0 Å². The molecule has 11 heteroatoms. The first-order valence-corrected chi connectivity index (χ1v) is 9.53. The molecule has 1 amide bonds. The molecule has 0 aliphatic carbocycles. The van der Waals surface area contributed by atoms with E-state index < -0.39 is 18.9 Å². The normalized spacial score (nSPS) is 17.5. The number of anilines is 1. The second-order valence-electron chi connectivity index (χ2n) is 8.03. The second-order valence-corrected chi connectivity index (χ2v) is 8.03. The van der Waals surface area contributed by atoms with Gasteiger partial charge in [0.25, 0.3) is 5.91 Å². The second kappa shape index (κ2) is 8.38. The number of carbonyl (C=O) groups excluding carboxylic acids is 1. The molecule has 0 spiro atoms. The molecule has 0 bridgehead atoms. The summed E-state index contributed by atoms with van der Waals surface area (Å²) in [6, 6.07) is 3.22. The highest BCUT2D eigenvalue weighted by Crippen LogP contribution is 2.32. The van der Waals surface area contributed by atoms with Gasteiger partial charge in [-0.2, -0.15) is 10.2 Å². The molecule has 1 radical (unpaired) electrons. The van der Waals surface area contributed by atoms with E-state index in [-0.39, 0.29) is 23.8 Å². The molecule has 3 heterocycles. The summed E-state index contributed by atoms with van der Waals surface area (Å²) in [5, 5.41) is 11.3. The predicted octanol–water partition coefficient (Wildman–Crippen LogP) is 3.37. The minimum Gasteiger partial charge on any atom is -0.372 e. The SMILES string of the molecule is Cn1nc(CCOC(F)(F)F)cc1C(=O)Nc1cc([C@H]2C[CH]CO2)n(C(C)(C)C)n1. The minimum atomic E-state index is -4.70. The summed E-state index contributed by atoms with van der Waals surface area (Å²) in [5.41, 5.74) is 1.07. The van der Waals surface area contributed by atoms with Crippen LogP contribution >= 0.6 is 0 Å². The zero-order valence-electron chi connectivity index (χ0n) is 17.3. The quantitative estimate of drug-likeness (QED) is 0.763. The molecule has 1 atom stereocenters. The standard InChI is InChI=1S/C19H25F3N5O3/c1-18(2,3)27-13(15-6-5-8-29-15)11-16(25-27)23-17(28)14-10-12(24-26(14)4)7-9-30-19(20,21)22/h5,10-11,15H,6-9H2,1-4H3,(H,23,25,28)/t15-/m1/s1. The lowest BCUT2D eigenvalue weighted by molar-refractivity contribution is -0.324. The molecule has 8 nitrogen and oxygen atoms in total. The fraction of sp³-hybridized carbons (Fsp3) is 0.579. The first-order chi connectivity index (χ1) is 13.9. The average Bonchev–Trinajstić information content (AvgIpc) is 3.32. The van der Waals surface area contributed by atoms with Crippen molar-refractivity contribution in [1.82, 2.24) is 19.6 Å². The van der Waals surface area contributed by atoms with Gasteiger partial charge in [-0.1, -0.05) is 0 Å². The van der Waals surface area contributed by atoms with Gasteiger partial charge < -0.3 is 10.1 Å². The molecule has 1 aliphatic rings. The van der Waals surface area contributed by atoms with Crippen LogP contribution in [0.25, 0.3) is 0 Å². The highest BCUT2D eigenvalue weighted by molar-refractivity contribution is 6.02. The van der Waals surface area contributed by atoms with Crippen LogP contribution in [-0.2, 0) is 28.5 Å². The molecular weight excluding hydrogens is 403 g/mol. The van der Waals surface area contributed by atoms with Crippen LogP contribution in [0.2, 0.25) is 0 Å². The molecule has 2 aromatic heterocycles. The Morgan fingerprint density at radius 2 is 2.03 bits per heavy atom. The summed E-state index contributed by atoms with van der Waals surface area (Å²) in [6.45, 7) is 6.01. The molecule has 0 saturated carbocycles. The van der Waals surface area contributed by atoms with Crippen LogP contribution < -0.4 is 5.32 Å². The lowest BCUT2D eigenvalue weighted by Gasteiger charge is -2.24. The van der Waals surface area contributed by atoms with Gasteiger partial charge in [-0.05, 0) is 39.7 Å². The zero-order chi connectivity index (χ0) is 22.1. The Hall–Kier alpha value is -2.40. The van der Waals surface area contributed by atoms with E-state index in [1.165, 1.54) is 10.7 Å². The van der Waals surface area contributed by atoms with Gasteiger partial charge in [0.2, 0.25) is 0 Å². The van der Waals surface area contributed by atoms with Crippen molar-refractivity contribution in [3.05, 3.63) is 35.6 Å². The van der Waals surface area contributed by atoms with Gasteiger partial charge in [0.05, 0.1) is 36.2 Å². The Kier molecular flexibility index (Phi) is 6.23. The highest BCUT2D eigenvalue weighted by Gasteiger charge is 2.30. The first kappa shape index (κ1) is 22.3. The van der Waals surface area contributed by atoms with Crippen molar-refractivity contribution in [3.63, 3.8) is 0 Å². The maximum absolute atomic E-state index is 12.7. The lowest BCUT2D eigenvalue weighted by atomic mass is 10.1. The van der Waals surface area contributed by atoms with E-state index in [9.17, 15) is 18.0 Å². The molecule has 30 heavy (non-hydrogen) atoms. The van der Waals surface area contributed by atoms with Gasteiger partial charge in [0, 0.05) is 19.5 Å². The molecular formula is C19H25F3N5O3. The fourth-order valence-corrected chi connectivity index (χ4v) is 3.21. The molecule has 3 rings (SSSR count). The van der Waals surface area contributed by atoms with E-state index in [0.717, 1.165) is 12.1 Å². The average molecular weight is 428 g/mol. The Labute approximate surface area is 172 Å². The number of aryl methyl sites for hydroxylation is 1. The summed E-state index contributed by atoms with van der Waals surface area (Å²) in [7, 11) is 1.55. The van der Waals surface area contributed by atoms with Crippen LogP contribution in [0.15, 0.2) is 12.1 Å². The number of hydrogen-bond acceptors (Lipinski definition) is 5. The molecule has 2 aromatic rings. The van der Waals surface area contributed by atoms with Crippen molar-refractivity contribution < 1.29 is 27.4 Å². The molecule has 1 fully saturated rings. The molecule has 0 aromatic carbocycles. The number of halogens is 3. The van der Waals surface area contributed by atoms with Crippen molar-refractivity contribution in [2.24, 2.45) is 7.05 Å². The Morgan fingerprint density at radius 3 is 2.63 bits per heavy atom. The van der Waals surface area contributed by atoms with Crippen LogP contribution in [0.1, 0.15) is 55.2 Å². The number of aromatic nitrogens is 4. The van der Waals surface area contributed by atoms with Gasteiger partial charge in [-0.3, -0.25) is 18.9 Å². The summed E-state index contributed by atoms with van der Waals surface area (Å²) in [5.74, 6) is -0.0967. The fourth-order valence-electron chi connectivity index (χ4n) is 3.21. The van der Waals surface area contributed by atoms with Crippen molar-refractivity contribution >= 4 is 11.7 Å². The molecule has 1 saturated heterocycles. The number of amides is 1. The maximum atomic E-state index is 12.7. The maximum Gasteiger partial charge on any atom is 0.522 e.